The van der Waals surface area contributed by atoms with Crippen LogP contribution in [0.5, 0.6) is 0 Å². The maximum Gasteiger partial charge on any atom is 0.297 e. The molecule has 0 saturated carbocycles. The van der Waals surface area contributed by atoms with E-state index >= 15 is 0 Å². The van der Waals surface area contributed by atoms with Crippen molar-refractivity contribution >= 4 is 21.5 Å². The molecule has 144 valence electrons. The first-order valence-corrected chi connectivity index (χ1v) is 9.86. The summed E-state index contributed by atoms with van der Waals surface area (Å²) in [5, 5.41) is 10.7. The molecule has 0 aromatic heterocycles. The third-order valence-electron chi connectivity index (χ3n) is 4.50. The molecule has 1 aliphatic heterocycles. The minimum Gasteiger partial charge on any atom is -0.369 e. The van der Waals surface area contributed by atoms with E-state index in [0.717, 1.165) is 11.6 Å². The van der Waals surface area contributed by atoms with Gasteiger partial charge in [0.25, 0.3) is 15.8 Å². The standard InChI is InChI=1S/C18H19FN2O5S/c1-13-2-5-16(6-3-13)27(24,25)26-15-8-10-20(11-9-15)18-7-4-14(21(22)23)12-17(18)19/h2-7,12,15H,8-11H2,1H3. The fourth-order valence-electron chi connectivity index (χ4n) is 3.00. The summed E-state index contributed by atoms with van der Waals surface area (Å²) in [7, 11) is -3.85. The topological polar surface area (TPSA) is 89.8 Å². The van der Waals surface area contributed by atoms with Gasteiger partial charge < -0.3 is 4.90 Å². The average molecular weight is 394 g/mol. The number of hydrogen-bond acceptors (Lipinski definition) is 6. The monoisotopic (exact) mass is 394 g/mol. The zero-order valence-electron chi connectivity index (χ0n) is 14.7. The van der Waals surface area contributed by atoms with Crippen LogP contribution in [0.1, 0.15) is 18.4 Å². The largest absolute Gasteiger partial charge is 0.369 e. The second-order valence-electron chi connectivity index (χ2n) is 6.44. The molecule has 27 heavy (non-hydrogen) atoms. The van der Waals surface area contributed by atoms with Gasteiger partial charge in [-0.1, -0.05) is 17.7 Å². The minimum atomic E-state index is -3.85. The second-order valence-corrected chi connectivity index (χ2v) is 8.01. The van der Waals surface area contributed by atoms with E-state index in [0.29, 0.717) is 25.9 Å². The number of hydrogen-bond donors (Lipinski definition) is 0. The number of aryl methyl sites for hydroxylation is 1. The first kappa shape index (κ1) is 19.2. The van der Waals surface area contributed by atoms with E-state index in [9.17, 15) is 22.9 Å². The summed E-state index contributed by atoms with van der Waals surface area (Å²) in [5.74, 6) is -0.671. The highest BCUT2D eigenvalue weighted by atomic mass is 32.2. The molecule has 1 aliphatic rings. The van der Waals surface area contributed by atoms with Crippen molar-refractivity contribution in [1.82, 2.24) is 0 Å². The van der Waals surface area contributed by atoms with Crippen molar-refractivity contribution in [3.63, 3.8) is 0 Å². The Bertz CT molecular complexity index is 939. The molecule has 9 heteroatoms. The molecule has 0 N–H and O–H groups in total. The normalized spacial score (nSPS) is 15.7. The van der Waals surface area contributed by atoms with E-state index in [1.165, 1.54) is 24.3 Å². The van der Waals surface area contributed by atoms with Crippen LogP contribution in [0.25, 0.3) is 0 Å². The fraction of sp³-hybridized carbons (Fsp3) is 0.333. The van der Waals surface area contributed by atoms with E-state index in [-0.39, 0.29) is 16.3 Å². The maximum absolute atomic E-state index is 14.1. The third kappa shape index (κ3) is 4.42. The van der Waals surface area contributed by atoms with Gasteiger partial charge in [-0.2, -0.15) is 8.42 Å². The Morgan fingerprint density at radius 3 is 2.33 bits per heavy atom. The lowest BCUT2D eigenvalue weighted by molar-refractivity contribution is -0.385. The molecule has 0 radical (unpaired) electrons. The molecular weight excluding hydrogens is 375 g/mol. The number of nitro benzene ring substituents is 1. The van der Waals surface area contributed by atoms with Crippen molar-refractivity contribution in [3.05, 3.63) is 64.0 Å². The van der Waals surface area contributed by atoms with E-state index < -0.39 is 27.0 Å². The van der Waals surface area contributed by atoms with Crippen molar-refractivity contribution in [2.45, 2.75) is 30.8 Å². The minimum absolute atomic E-state index is 0.108. The van der Waals surface area contributed by atoms with Crippen molar-refractivity contribution in [3.8, 4) is 0 Å². The average Bonchev–Trinajstić information content (AvgIpc) is 2.62. The van der Waals surface area contributed by atoms with Gasteiger partial charge in [0.05, 0.1) is 27.7 Å². The number of piperidine rings is 1. The van der Waals surface area contributed by atoms with Gasteiger partial charge in [0, 0.05) is 19.2 Å². The summed E-state index contributed by atoms with van der Waals surface area (Å²) >= 11 is 0. The van der Waals surface area contributed by atoms with Crippen LogP contribution in [0.4, 0.5) is 15.8 Å². The van der Waals surface area contributed by atoms with Crippen LogP contribution in [-0.2, 0) is 14.3 Å². The van der Waals surface area contributed by atoms with Crippen molar-refractivity contribution < 1.29 is 21.9 Å². The molecule has 1 saturated heterocycles. The van der Waals surface area contributed by atoms with Gasteiger partial charge in [-0.25, -0.2) is 4.39 Å². The lowest BCUT2D eigenvalue weighted by Gasteiger charge is -2.33. The third-order valence-corrected chi connectivity index (χ3v) is 5.87. The summed E-state index contributed by atoms with van der Waals surface area (Å²) in [4.78, 5) is 11.9. The lowest BCUT2D eigenvalue weighted by atomic mass is 10.1. The Balaban J connectivity index is 1.64. The number of non-ortho nitro benzene ring substituents is 1. The highest BCUT2D eigenvalue weighted by Crippen LogP contribution is 2.28. The second kappa shape index (κ2) is 7.61. The SMILES string of the molecule is Cc1ccc(S(=O)(=O)OC2CCN(c3ccc([N+](=O)[O-])cc3F)CC2)cc1. The molecular formula is C18H19FN2O5S. The van der Waals surface area contributed by atoms with Crippen LogP contribution in [0.2, 0.25) is 0 Å². The molecule has 0 atom stereocenters. The molecule has 0 bridgehead atoms. The van der Waals surface area contributed by atoms with Gasteiger partial charge >= 0.3 is 0 Å². The zero-order valence-corrected chi connectivity index (χ0v) is 15.5. The number of halogens is 1. The maximum atomic E-state index is 14.1. The van der Waals surface area contributed by atoms with Gasteiger partial charge in [0.1, 0.15) is 0 Å². The van der Waals surface area contributed by atoms with Gasteiger partial charge in [-0.15, -0.1) is 0 Å². The first-order chi connectivity index (χ1) is 12.8. The van der Waals surface area contributed by atoms with Gasteiger partial charge in [0.2, 0.25) is 0 Å². The predicted octanol–water partition coefficient (Wildman–Crippen LogP) is 3.42. The van der Waals surface area contributed by atoms with Gasteiger partial charge in [-0.3, -0.25) is 14.3 Å². The van der Waals surface area contributed by atoms with E-state index in [2.05, 4.69) is 0 Å². The van der Waals surface area contributed by atoms with Crippen LogP contribution < -0.4 is 4.90 Å². The van der Waals surface area contributed by atoms with E-state index in [1.54, 1.807) is 17.0 Å². The highest BCUT2D eigenvalue weighted by Gasteiger charge is 2.27. The molecule has 0 amide bonds. The Morgan fingerprint density at radius 2 is 1.78 bits per heavy atom. The Kier molecular flexibility index (Phi) is 5.43. The van der Waals surface area contributed by atoms with Crippen LogP contribution in [-0.4, -0.2) is 32.5 Å². The summed E-state index contributed by atoms with van der Waals surface area (Å²) in [6.07, 6.45) is 0.317. The molecule has 7 nitrogen and oxygen atoms in total. The van der Waals surface area contributed by atoms with Crippen LogP contribution in [0, 0.1) is 22.9 Å². The number of anilines is 1. The highest BCUT2D eigenvalue weighted by molar-refractivity contribution is 7.86. The van der Waals surface area contributed by atoms with Crippen molar-refractivity contribution in [2.24, 2.45) is 0 Å². The fourth-order valence-corrected chi connectivity index (χ4v) is 4.13. The Morgan fingerprint density at radius 1 is 1.15 bits per heavy atom. The van der Waals surface area contributed by atoms with Crippen molar-refractivity contribution in [1.29, 1.82) is 0 Å². The molecule has 0 unspecified atom stereocenters. The quantitative estimate of drug-likeness (QED) is 0.439. The van der Waals surface area contributed by atoms with Gasteiger partial charge in [0.15, 0.2) is 5.82 Å². The summed E-state index contributed by atoms with van der Waals surface area (Å²) in [5.41, 5.74) is 0.909. The molecule has 2 aromatic carbocycles. The molecule has 1 heterocycles. The summed E-state index contributed by atoms with van der Waals surface area (Å²) in [6, 6.07) is 9.94. The number of rotatable bonds is 5. The molecule has 0 aliphatic carbocycles. The molecule has 0 spiro atoms. The number of nitro groups is 1. The zero-order chi connectivity index (χ0) is 19.6. The van der Waals surface area contributed by atoms with E-state index in [1.807, 2.05) is 6.92 Å². The molecule has 1 fully saturated rings. The van der Waals surface area contributed by atoms with Gasteiger partial charge in [-0.05, 0) is 38.0 Å². The smallest absolute Gasteiger partial charge is 0.297 e. The Hall–Kier alpha value is -2.52. The molecule has 3 rings (SSSR count). The molecule has 2 aromatic rings. The lowest BCUT2D eigenvalue weighted by Crippen LogP contribution is -2.38. The number of benzene rings is 2. The summed E-state index contributed by atoms with van der Waals surface area (Å²) in [6.45, 7) is 2.65. The number of nitrogens with zero attached hydrogens (tertiary/aromatic N) is 2. The van der Waals surface area contributed by atoms with Crippen LogP contribution >= 0.6 is 0 Å². The van der Waals surface area contributed by atoms with Crippen LogP contribution in [0.15, 0.2) is 47.4 Å². The summed E-state index contributed by atoms with van der Waals surface area (Å²) < 4.78 is 44.2. The van der Waals surface area contributed by atoms with Crippen LogP contribution in [0.3, 0.4) is 0 Å². The Labute approximate surface area is 156 Å². The first-order valence-electron chi connectivity index (χ1n) is 8.45. The van der Waals surface area contributed by atoms with E-state index in [4.69, 9.17) is 4.18 Å². The van der Waals surface area contributed by atoms with Crippen molar-refractivity contribution in [2.75, 3.05) is 18.0 Å². The predicted molar refractivity (Wildman–Crippen MR) is 97.7 cm³/mol.